The van der Waals surface area contributed by atoms with Crippen LogP contribution in [0.4, 0.5) is 5.69 Å². The van der Waals surface area contributed by atoms with Crippen molar-refractivity contribution in [1.29, 1.82) is 0 Å². The number of methoxy groups -OCH3 is 1. The van der Waals surface area contributed by atoms with E-state index in [9.17, 15) is 4.79 Å². The summed E-state index contributed by atoms with van der Waals surface area (Å²) in [5, 5.41) is 3.54. The molecule has 0 aliphatic carbocycles. The van der Waals surface area contributed by atoms with Gasteiger partial charge in [0.1, 0.15) is 0 Å². The van der Waals surface area contributed by atoms with Gasteiger partial charge in [-0.3, -0.25) is 0 Å². The van der Waals surface area contributed by atoms with Crippen LogP contribution in [0.3, 0.4) is 0 Å². The number of benzene rings is 1. The number of esters is 1. The van der Waals surface area contributed by atoms with Crippen LogP contribution in [0.15, 0.2) is 18.2 Å². The van der Waals surface area contributed by atoms with Gasteiger partial charge in [0.25, 0.3) is 0 Å². The van der Waals surface area contributed by atoms with Crippen molar-refractivity contribution in [2.75, 3.05) is 12.4 Å². The molecule has 1 fully saturated rings. The summed E-state index contributed by atoms with van der Waals surface area (Å²) in [6, 6.07) is 5.84. The highest BCUT2D eigenvalue weighted by molar-refractivity contribution is 5.92. The summed E-state index contributed by atoms with van der Waals surface area (Å²) < 4.78 is 10.9. The van der Waals surface area contributed by atoms with E-state index in [4.69, 9.17) is 9.47 Å². The van der Waals surface area contributed by atoms with Crippen LogP contribution < -0.4 is 5.32 Å². The fraction of sp³-hybridized carbons (Fsp3) is 0.588. The van der Waals surface area contributed by atoms with Gasteiger partial charge in [0.05, 0.1) is 29.9 Å². The van der Waals surface area contributed by atoms with Crippen molar-refractivity contribution in [2.24, 2.45) is 0 Å². The Morgan fingerprint density at radius 2 is 2.00 bits per heavy atom. The molecular formula is C17H25NO3. The van der Waals surface area contributed by atoms with Crippen molar-refractivity contribution in [1.82, 2.24) is 0 Å². The maximum atomic E-state index is 11.8. The molecule has 0 saturated carbocycles. The molecule has 0 radical (unpaired) electrons. The molecule has 0 aromatic heterocycles. The van der Waals surface area contributed by atoms with E-state index < -0.39 is 0 Å². The van der Waals surface area contributed by atoms with Crippen molar-refractivity contribution in [3.63, 3.8) is 0 Å². The van der Waals surface area contributed by atoms with E-state index in [-0.39, 0.29) is 23.2 Å². The van der Waals surface area contributed by atoms with Gasteiger partial charge < -0.3 is 14.8 Å². The number of carbonyl (C=O) groups excluding carboxylic acids is 1. The van der Waals surface area contributed by atoms with Crippen LogP contribution in [0.5, 0.6) is 0 Å². The minimum absolute atomic E-state index is 0.144. The third kappa shape index (κ3) is 3.21. The Morgan fingerprint density at radius 3 is 2.52 bits per heavy atom. The number of carbonyl (C=O) groups is 1. The van der Waals surface area contributed by atoms with Gasteiger partial charge in [-0.05, 0) is 58.7 Å². The minimum Gasteiger partial charge on any atom is -0.465 e. The second-order valence-corrected chi connectivity index (χ2v) is 6.84. The predicted octanol–water partition coefficient (Wildman–Crippen LogP) is 3.54. The highest BCUT2D eigenvalue weighted by atomic mass is 16.5. The smallest absolute Gasteiger partial charge is 0.338 e. The lowest BCUT2D eigenvalue weighted by Crippen LogP contribution is -2.38. The van der Waals surface area contributed by atoms with Gasteiger partial charge >= 0.3 is 5.97 Å². The fourth-order valence-corrected chi connectivity index (χ4v) is 3.10. The third-order valence-electron chi connectivity index (χ3n) is 4.14. The Morgan fingerprint density at radius 1 is 1.33 bits per heavy atom. The second kappa shape index (κ2) is 5.34. The third-order valence-corrected chi connectivity index (χ3v) is 4.14. The molecule has 21 heavy (non-hydrogen) atoms. The molecule has 1 aliphatic heterocycles. The second-order valence-electron chi connectivity index (χ2n) is 6.84. The number of anilines is 1. The van der Waals surface area contributed by atoms with Gasteiger partial charge in [-0.1, -0.05) is 6.07 Å². The molecule has 1 N–H and O–H groups in total. The Bertz CT molecular complexity index is 549. The van der Waals surface area contributed by atoms with Crippen molar-refractivity contribution in [3.05, 3.63) is 29.3 Å². The lowest BCUT2D eigenvalue weighted by atomic mass is 9.93. The Balaban J connectivity index is 2.27. The highest BCUT2D eigenvalue weighted by Crippen LogP contribution is 2.39. The molecule has 2 rings (SSSR count). The summed E-state index contributed by atoms with van der Waals surface area (Å²) >= 11 is 0. The van der Waals surface area contributed by atoms with Gasteiger partial charge in [0.2, 0.25) is 0 Å². The maximum Gasteiger partial charge on any atom is 0.338 e. The summed E-state index contributed by atoms with van der Waals surface area (Å²) in [5.74, 6) is -0.307. The predicted molar refractivity (Wildman–Crippen MR) is 83.8 cm³/mol. The molecule has 0 spiro atoms. The molecule has 1 atom stereocenters. The van der Waals surface area contributed by atoms with Crippen LogP contribution in [0, 0.1) is 6.92 Å². The number of hydrogen-bond donors (Lipinski definition) is 1. The van der Waals surface area contributed by atoms with Crippen molar-refractivity contribution in [3.8, 4) is 0 Å². The van der Waals surface area contributed by atoms with Crippen molar-refractivity contribution in [2.45, 2.75) is 58.3 Å². The molecule has 1 saturated heterocycles. The summed E-state index contributed by atoms with van der Waals surface area (Å²) in [6.07, 6.45) is 0.919. The highest BCUT2D eigenvalue weighted by Gasteiger charge is 2.45. The number of ether oxygens (including phenoxy) is 2. The number of rotatable bonds is 3. The van der Waals surface area contributed by atoms with Gasteiger partial charge in [-0.15, -0.1) is 0 Å². The van der Waals surface area contributed by atoms with E-state index >= 15 is 0 Å². The van der Waals surface area contributed by atoms with Crippen LogP contribution >= 0.6 is 0 Å². The average molecular weight is 291 g/mol. The van der Waals surface area contributed by atoms with E-state index in [1.165, 1.54) is 7.11 Å². The van der Waals surface area contributed by atoms with Gasteiger partial charge in [-0.25, -0.2) is 4.79 Å². The zero-order chi connectivity index (χ0) is 15.8. The zero-order valence-corrected chi connectivity index (χ0v) is 13.7. The maximum absolute atomic E-state index is 11.8. The van der Waals surface area contributed by atoms with Crippen LogP contribution in [0.2, 0.25) is 0 Å². The molecule has 116 valence electrons. The molecule has 1 aromatic rings. The van der Waals surface area contributed by atoms with Crippen molar-refractivity contribution < 1.29 is 14.3 Å². The molecule has 1 unspecified atom stereocenters. The topological polar surface area (TPSA) is 47.6 Å². The van der Waals surface area contributed by atoms with Gasteiger partial charge in [0.15, 0.2) is 0 Å². The Kier molecular flexibility index (Phi) is 4.02. The zero-order valence-electron chi connectivity index (χ0n) is 13.7. The lowest BCUT2D eigenvalue weighted by Gasteiger charge is -2.29. The largest absolute Gasteiger partial charge is 0.465 e. The summed E-state index contributed by atoms with van der Waals surface area (Å²) in [5.41, 5.74) is 2.06. The quantitative estimate of drug-likeness (QED) is 0.865. The fourth-order valence-electron chi connectivity index (χ4n) is 3.10. The van der Waals surface area contributed by atoms with Crippen LogP contribution in [-0.4, -0.2) is 30.3 Å². The molecule has 4 nitrogen and oxygen atoms in total. The summed E-state index contributed by atoms with van der Waals surface area (Å²) in [7, 11) is 1.40. The molecule has 0 bridgehead atoms. The first-order valence-corrected chi connectivity index (χ1v) is 7.31. The molecule has 1 aliphatic rings. The average Bonchev–Trinajstić information content (AvgIpc) is 2.58. The first kappa shape index (κ1) is 15.8. The van der Waals surface area contributed by atoms with Crippen LogP contribution in [0.1, 0.15) is 50.0 Å². The number of hydrogen-bond acceptors (Lipinski definition) is 4. The summed E-state index contributed by atoms with van der Waals surface area (Å²) in [6.45, 7) is 10.3. The Labute approximate surface area is 126 Å². The molecule has 4 heteroatoms. The normalized spacial score (nSPS) is 22.9. The molecule has 0 amide bonds. The summed E-state index contributed by atoms with van der Waals surface area (Å²) in [4.78, 5) is 11.8. The lowest BCUT2D eigenvalue weighted by molar-refractivity contribution is -0.0662. The van der Waals surface area contributed by atoms with E-state index in [1.807, 2.05) is 19.1 Å². The SMILES string of the molecule is COC(=O)c1cccc(NC2CC(C)(C)OC2(C)C)c1C. The molecule has 1 heterocycles. The molecular weight excluding hydrogens is 266 g/mol. The first-order valence-electron chi connectivity index (χ1n) is 7.31. The van der Waals surface area contributed by atoms with E-state index in [0.717, 1.165) is 17.7 Å². The Hall–Kier alpha value is -1.55. The van der Waals surface area contributed by atoms with Crippen LogP contribution in [-0.2, 0) is 9.47 Å². The first-order chi connectivity index (χ1) is 9.66. The van der Waals surface area contributed by atoms with Gasteiger partial charge in [0, 0.05) is 5.69 Å². The van der Waals surface area contributed by atoms with Gasteiger partial charge in [-0.2, -0.15) is 0 Å². The van der Waals surface area contributed by atoms with E-state index in [2.05, 4.69) is 33.0 Å². The minimum atomic E-state index is -0.307. The molecule has 1 aromatic carbocycles. The van der Waals surface area contributed by atoms with Crippen molar-refractivity contribution >= 4 is 11.7 Å². The van der Waals surface area contributed by atoms with Crippen LogP contribution in [0.25, 0.3) is 0 Å². The van der Waals surface area contributed by atoms with E-state index in [0.29, 0.717) is 5.56 Å². The standard InChI is InChI=1S/C17H25NO3/c1-11-12(15(19)20-6)8-7-9-13(11)18-14-10-16(2,3)21-17(14,4)5/h7-9,14,18H,10H2,1-6H3. The number of nitrogens with one attached hydrogen (secondary N) is 1. The monoisotopic (exact) mass is 291 g/mol. The van der Waals surface area contributed by atoms with E-state index in [1.54, 1.807) is 6.07 Å².